The average Bonchev–Trinajstić information content (AvgIpc) is 2.50. The summed E-state index contributed by atoms with van der Waals surface area (Å²) < 4.78 is 5.05. The van der Waals surface area contributed by atoms with Crippen LogP contribution in [-0.2, 0) is 0 Å². The van der Waals surface area contributed by atoms with Gasteiger partial charge in [0.15, 0.2) is 0 Å². The number of hydrogen-bond donors (Lipinski definition) is 1. The van der Waals surface area contributed by atoms with E-state index in [0.717, 1.165) is 16.7 Å². The Balaban J connectivity index is 2.47. The molecule has 0 amide bonds. The molecule has 1 aromatic heterocycles. The second-order valence-electron chi connectivity index (χ2n) is 5.24. The molecule has 3 rings (SSSR count). The first-order chi connectivity index (χ1) is 10.5. The molecule has 0 radical (unpaired) electrons. The molecule has 110 valence electrons. The first-order valence-electron chi connectivity index (χ1n) is 6.86. The minimum atomic E-state index is -1.25. The fraction of sp³-hybridized carbons (Fsp3) is 0.111. The molecule has 1 heterocycles. The summed E-state index contributed by atoms with van der Waals surface area (Å²) in [4.78, 5) is 23.5. The van der Waals surface area contributed by atoms with Crippen molar-refractivity contribution >= 4 is 16.7 Å². The summed E-state index contributed by atoms with van der Waals surface area (Å²) in [7, 11) is 0. The number of rotatable bonds is 2. The minimum Gasteiger partial charge on any atom is -0.475 e. The van der Waals surface area contributed by atoms with Crippen LogP contribution >= 0.6 is 0 Å². The van der Waals surface area contributed by atoms with Crippen LogP contribution in [0, 0.1) is 13.8 Å². The van der Waals surface area contributed by atoms with Crippen LogP contribution in [0.3, 0.4) is 0 Å². The number of benzene rings is 2. The fourth-order valence-corrected chi connectivity index (χ4v) is 2.53. The smallest absolute Gasteiger partial charge is 0.372 e. The van der Waals surface area contributed by atoms with Crippen molar-refractivity contribution in [3.05, 3.63) is 69.8 Å². The van der Waals surface area contributed by atoms with E-state index in [1.54, 1.807) is 24.3 Å². The van der Waals surface area contributed by atoms with Gasteiger partial charge in [0.2, 0.25) is 5.76 Å². The van der Waals surface area contributed by atoms with Gasteiger partial charge in [0.1, 0.15) is 0 Å². The Hall–Kier alpha value is -2.88. The van der Waals surface area contributed by atoms with Gasteiger partial charge in [-0.2, -0.15) is 0 Å². The number of aromatic carboxylic acids is 1. The van der Waals surface area contributed by atoms with Gasteiger partial charge in [-0.3, -0.25) is 0 Å². The van der Waals surface area contributed by atoms with Crippen molar-refractivity contribution in [1.82, 2.24) is 0 Å². The first kappa shape index (κ1) is 14.1. The Morgan fingerprint density at radius 2 is 1.68 bits per heavy atom. The molecule has 4 nitrogen and oxygen atoms in total. The summed E-state index contributed by atoms with van der Waals surface area (Å²) in [6.07, 6.45) is 0. The second kappa shape index (κ2) is 5.15. The Morgan fingerprint density at radius 3 is 2.32 bits per heavy atom. The number of hydrogen-bond acceptors (Lipinski definition) is 3. The number of carboxylic acid groups (broad SMARTS) is 1. The van der Waals surface area contributed by atoms with Crippen LogP contribution in [0.5, 0.6) is 0 Å². The number of fused-ring (bicyclic) bond motifs is 1. The van der Waals surface area contributed by atoms with Gasteiger partial charge >= 0.3 is 11.6 Å². The molecule has 1 N–H and O–H groups in total. The standard InChI is InChI=1S/C18H14O4/c1-10-7-8-12(9-11(10)2)15-13-5-3-4-6-14(13)18(21)22-16(15)17(19)20/h3-9H,1-2H3,(H,19,20). The molecule has 0 spiro atoms. The summed E-state index contributed by atoms with van der Waals surface area (Å²) in [6.45, 7) is 3.95. The molecule has 0 aliphatic carbocycles. The average molecular weight is 294 g/mol. The zero-order valence-electron chi connectivity index (χ0n) is 12.2. The summed E-state index contributed by atoms with van der Waals surface area (Å²) in [5.41, 5.74) is 2.68. The number of aryl methyl sites for hydroxylation is 2. The van der Waals surface area contributed by atoms with Crippen molar-refractivity contribution in [1.29, 1.82) is 0 Å². The molecule has 22 heavy (non-hydrogen) atoms. The molecule has 0 aliphatic heterocycles. The predicted molar refractivity (Wildman–Crippen MR) is 84.4 cm³/mol. The van der Waals surface area contributed by atoms with Crippen LogP contribution in [0.2, 0.25) is 0 Å². The van der Waals surface area contributed by atoms with Gasteiger partial charge in [0.05, 0.1) is 5.39 Å². The normalized spacial score (nSPS) is 10.8. The van der Waals surface area contributed by atoms with E-state index < -0.39 is 11.6 Å². The third-order valence-corrected chi connectivity index (χ3v) is 3.83. The van der Waals surface area contributed by atoms with Crippen molar-refractivity contribution < 1.29 is 14.3 Å². The van der Waals surface area contributed by atoms with Crippen molar-refractivity contribution in [2.75, 3.05) is 0 Å². The van der Waals surface area contributed by atoms with E-state index in [2.05, 4.69) is 0 Å². The van der Waals surface area contributed by atoms with Crippen molar-refractivity contribution in [3.8, 4) is 11.1 Å². The van der Waals surface area contributed by atoms with Gasteiger partial charge in [0, 0.05) is 10.9 Å². The monoisotopic (exact) mass is 294 g/mol. The third kappa shape index (κ3) is 2.19. The third-order valence-electron chi connectivity index (χ3n) is 3.83. The van der Waals surface area contributed by atoms with Crippen LogP contribution in [0.15, 0.2) is 51.7 Å². The Bertz CT molecular complexity index is 951. The Morgan fingerprint density at radius 1 is 1.00 bits per heavy atom. The summed E-state index contributed by atoms with van der Waals surface area (Å²) in [5.74, 6) is -1.58. The van der Waals surface area contributed by atoms with E-state index in [4.69, 9.17) is 4.42 Å². The lowest BCUT2D eigenvalue weighted by Crippen LogP contribution is -2.09. The molecule has 0 aliphatic rings. The molecule has 0 fully saturated rings. The van der Waals surface area contributed by atoms with E-state index in [1.807, 2.05) is 32.0 Å². The van der Waals surface area contributed by atoms with Crippen LogP contribution in [0.25, 0.3) is 21.9 Å². The van der Waals surface area contributed by atoms with E-state index in [9.17, 15) is 14.7 Å². The fourth-order valence-electron chi connectivity index (χ4n) is 2.53. The lowest BCUT2D eigenvalue weighted by molar-refractivity contribution is 0.0659. The maximum atomic E-state index is 12.0. The molecular weight excluding hydrogens is 280 g/mol. The Labute approximate surface area is 126 Å². The highest BCUT2D eigenvalue weighted by Gasteiger charge is 2.20. The maximum absolute atomic E-state index is 12.0. The maximum Gasteiger partial charge on any atom is 0.372 e. The van der Waals surface area contributed by atoms with Crippen LogP contribution < -0.4 is 5.63 Å². The molecule has 0 saturated heterocycles. The SMILES string of the molecule is Cc1ccc(-c2c(C(=O)O)oc(=O)c3ccccc23)cc1C. The summed E-state index contributed by atoms with van der Waals surface area (Å²) in [6, 6.07) is 12.6. The van der Waals surface area contributed by atoms with E-state index in [-0.39, 0.29) is 5.76 Å². The molecular formula is C18H14O4. The highest BCUT2D eigenvalue weighted by molar-refractivity contribution is 6.04. The topological polar surface area (TPSA) is 67.5 Å². The summed E-state index contributed by atoms with van der Waals surface area (Å²) >= 11 is 0. The quantitative estimate of drug-likeness (QED) is 0.781. The highest BCUT2D eigenvalue weighted by Crippen LogP contribution is 2.31. The Kier molecular flexibility index (Phi) is 3.29. The van der Waals surface area contributed by atoms with Crippen molar-refractivity contribution in [2.24, 2.45) is 0 Å². The van der Waals surface area contributed by atoms with Crippen LogP contribution in [0.1, 0.15) is 21.7 Å². The van der Waals surface area contributed by atoms with Crippen LogP contribution in [0.4, 0.5) is 0 Å². The predicted octanol–water partition coefficient (Wildman–Crippen LogP) is 3.78. The molecule has 3 aromatic rings. The molecule has 0 bridgehead atoms. The number of carbonyl (C=O) groups is 1. The zero-order chi connectivity index (χ0) is 15.9. The minimum absolute atomic E-state index is 0.327. The van der Waals surface area contributed by atoms with E-state index in [1.165, 1.54) is 0 Å². The molecule has 0 saturated carbocycles. The van der Waals surface area contributed by atoms with Gasteiger partial charge in [-0.15, -0.1) is 0 Å². The molecule has 0 unspecified atom stereocenters. The first-order valence-corrected chi connectivity index (χ1v) is 6.86. The van der Waals surface area contributed by atoms with Gasteiger partial charge in [0.25, 0.3) is 0 Å². The highest BCUT2D eigenvalue weighted by atomic mass is 16.4. The van der Waals surface area contributed by atoms with Gasteiger partial charge in [-0.1, -0.05) is 36.4 Å². The lowest BCUT2D eigenvalue weighted by atomic mass is 9.95. The largest absolute Gasteiger partial charge is 0.475 e. The van der Waals surface area contributed by atoms with Gasteiger partial charge in [-0.05, 0) is 36.6 Å². The second-order valence-corrected chi connectivity index (χ2v) is 5.24. The van der Waals surface area contributed by atoms with Gasteiger partial charge in [-0.25, -0.2) is 9.59 Å². The van der Waals surface area contributed by atoms with Gasteiger partial charge < -0.3 is 9.52 Å². The van der Waals surface area contributed by atoms with E-state index in [0.29, 0.717) is 16.3 Å². The molecule has 2 aromatic carbocycles. The molecule has 4 heteroatoms. The zero-order valence-corrected chi connectivity index (χ0v) is 12.2. The number of carboxylic acids is 1. The van der Waals surface area contributed by atoms with Crippen molar-refractivity contribution in [3.63, 3.8) is 0 Å². The van der Waals surface area contributed by atoms with Crippen LogP contribution in [-0.4, -0.2) is 11.1 Å². The summed E-state index contributed by atoms with van der Waals surface area (Å²) in [5, 5.41) is 10.4. The molecule has 0 atom stereocenters. The van der Waals surface area contributed by atoms with E-state index >= 15 is 0 Å². The lowest BCUT2D eigenvalue weighted by Gasteiger charge is -2.10. The van der Waals surface area contributed by atoms with Crippen molar-refractivity contribution in [2.45, 2.75) is 13.8 Å².